The Morgan fingerprint density at radius 1 is 0.243 bits per heavy atom. The highest BCUT2D eigenvalue weighted by Gasteiger charge is 2.51. The Morgan fingerprint density at radius 3 is 1.31 bits per heavy atom. The Morgan fingerprint density at radius 2 is 0.671 bits per heavy atom. The van der Waals surface area contributed by atoms with Gasteiger partial charge in [0.15, 0.2) is 0 Å². The first-order valence-corrected chi connectivity index (χ1v) is 24.5. The zero-order valence-electron chi connectivity index (χ0n) is 38.1. The van der Waals surface area contributed by atoms with Gasteiger partial charge in [-0.25, -0.2) is 0 Å². The van der Waals surface area contributed by atoms with Crippen molar-refractivity contribution < 1.29 is 0 Å². The summed E-state index contributed by atoms with van der Waals surface area (Å²) in [6, 6.07) is 94.0. The largest absolute Gasteiger partial charge is 0.310 e. The van der Waals surface area contributed by atoms with Crippen LogP contribution in [-0.4, -0.2) is 0 Å². The quantitative estimate of drug-likeness (QED) is 0.159. The van der Waals surface area contributed by atoms with Gasteiger partial charge in [0.1, 0.15) is 0 Å². The second-order valence-corrected chi connectivity index (χ2v) is 19.4. The van der Waals surface area contributed by atoms with Crippen molar-refractivity contribution >= 4 is 92.5 Å². The van der Waals surface area contributed by atoms with Gasteiger partial charge in [0.2, 0.25) is 0 Å². The summed E-state index contributed by atoms with van der Waals surface area (Å²) in [4.78, 5) is 2.55. The third-order valence-corrected chi connectivity index (χ3v) is 16.2. The maximum absolute atomic E-state index is 2.55. The number of benzene rings is 13. The highest BCUT2D eigenvalue weighted by molar-refractivity contribution is 6.38. The van der Waals surface area contributed by atoms with Crippen LogP contribution in [0.25, 0.3) is 109 Å². The molecule has 0 bridgehead atoms. The Balaban J connectivity index is 1.02. The first-order valence-electron chi connectivity index (χ1n) is 24.5. The SMILES string of the molecule is c1ccc2c(c1)-c1ccccc1C21c2ccccc2-c2ccc(N(c3ccc(-c4cccc5ccccc45)cc3)c3cc4cccc5c6cccc7ccc8cccc(c9cccc3c9c45)c8c76)cc21. The van der Waals surface area contributed by atoms with E-state index < -0.39 is 5.41 Å². The zero-order valence-corrected chi connectivity index (χ0v) is 38.1. The summed E-state index contributed by atoms with van der Waals surface area (Å²) < 4.78 is 0. The number of nitrogens with zero attached hydrogens (tertiary/aromatic N) is 1. The minimum absolute atomic E-state index is 0.476. The van der Waals surface area contributed by atoms with Crippen LogP contribution in [0, 0.1) is 0 Å². The molecule has 322 valence electrons. The predicted octanol–water partition coefficient (Wildman–Crippen LogP) is 18.7. The topological polar surface area (TPSA) is 3.24 Å². The van der Waals surface area contributed by atoms with E-state index in [0.29, 0.717) is 0 Å². The number of fused-ring (bicyclic) bond motifs is 13. The Hall–Kier alpha value is -9.04. The Labute approximate surface area is 405 Å². The van der Waals surface area contributed by atoms with E-state index in [2.05, 4.69) is 254 Å². The molecule has 0 unspecified atom stereocenters. The molecular weight excluding hydrogens is 843 g/mol. The maximum atomic E-state index is 2.55. The third-order valence-electron chi connectivity index (χ3n) is 16.2. The van der Waals surface area contributed by atoms with E-state index in [4.69, 9.17) is 0 Å². The lowest BCUT2D eigenvalue weighted by atomic mass is 9.70. The van der Waals surface area contributed by atoms with Crippen molar-refractivity contribution in [1.29, 1.82) is 0 Å². The minimum atomic E-state index is -0.476. The van der Waals surface area contributed by atoms with Gasteiger partial charge in [0.05, 0.1) is 11.1 Å². The molecule has 0 amide bonds. The first-order chi connectivity index (χ1) is 34.7. The summed E-state index contributed by atoms with van der Waals surface area (Å²) in [7, 11) is 0. The van der Waals surface area contributed by atoms with Crippen molar-refractivity contribution in [3.05, 3.63) is 271 Å². The van der Waals surface area contributed by atoms with Crippen LogP contribution in [0.1, 0.15) is 22.3 Å². The van der Waals surface area contributed by atoms with Gasteiger partial charge in [-0.3, -0.25) is 0 Å². The smallest absolute Gasteiger partial charge is 0.0726 e. The maximum Gasteiger partial charge on any atom is 0.0726 e. The second kappa shape index (κ2) is 14.0. The van der Waals surface area contributed by atoms with Gasteiger partial charge < -0.3 is 4.90 Å². The lowest BCUT2D eigenvalue weighted by Gasteiger charge is -2.32. The molecule has 16 rings (SSSR count). The first kappa shape index (κ1) is 38.0. The van der Waals surface area contributed by atoms with Crippen LogP contribution < -0.4 is 4.90 Å². The van der Waals surface area contributed by atoms with Gasteiger partial charge in [0, 0.05) is 22.1 Å². The molecule has 0 heterocycles. The molecule has 0 fully saturated rings. The van der Waals surface area contributed by atoms with Crippen molar-refractivity contribution in [2.75, 3.05) is 4.90 Å². The molecule has 70 heavy (non-hydrogen) atoms. The monoisotopic (exact) mass is 883 g/mol. The van der Waals surface area contributed by atoms with E-state index in [1.54, 1.807) is 0 Å². The molecule has 1 heteroatoms. The molecule has 14 aromatic carbocycles. The number of hydrogen-bond acceptors (Lipinski definition) is 1. The van der Waals surface area contributed by atoms with Crippen LogP contribution in [0.4, 0.5) is 17.1 Å². The molecular formula is C69H41N. The molecule has 14 aromatic rings. The average molecular weight is 884 g/mol. The normalized spacial score (nSPS) is 13.3. The summed E-state index contributed by atoms with van der Waals surface area (Å²) in [6.45, 7) is 0. The molecule has 0 N–H and O–H groups in total. The fourth-order valence-corrected chi connectivity index (χ4v) is 13.4. The molecule has 0 aromatic heterocycles. The fourth-order valence-electron chi connectivity index (χ4n) is 13.4. The van der Waals surface area contributed by atoms with E-state index in [1.807, 2.05) is 0 Å². The number of rotatable bonds is 4. The lowest BCUT2D eigenvalue weighted by molar-refractivity contribution is 0.793. The van der Waals surface area contributed by atoms with Gasteiger partial charge in [-0.2, -0.15) is 0 Å². The number of hydrogen-bond donors (Lipinski definition) is 0. The Bertz CT molecular complexity index is 4470. The van der Waals surface area contributed by atoms with E-state index in [9.17, 15) is 0 Å². The second-order valence-electron chi connectivity index (χ2n) is 19.4. The van der Waals surface area contributed by atoms with Crippen molar-refractivity contribution in [2.45, 2.75) is 5.41 Å². The molecule has 0 saturated carbocycles. The summed E-state index contributed by atoms with van der Waals surface area (Å²) in [5.74, 6) is 0. The van der Waals surface area contributed by atoms with E-state index in [1.165, 1.54) is 131 Å². The molecule has 0 saturated heterocycles. The van der Waals surface area contributed by atoms with Gasteiger partial charge in [0.25, 0.3) is 0 Å². The zero-order chi connectivity index (χ0) is 45.7. The molecule has 2 aliphatic carbocycles. The minimum Gasteiger partial charge on any atom is -0.310 e. The molecule has 1 spiro atoms. The summed E-state index contributed by atoms with van der Waals surface area (Å²) in [6.07, 6.45) is 0. The van der Waals surface area contributed by atoms with E-state index in [-0.39, 0.29) is 0 Å². The molecule has 0 atom stereocenters. The number of anilines is 3. The summed E-state index contributed by atoms with van der Waals surface area (Å²) in [5, 5.41) is 17.8. The van der Waals surface area contributed by atoms with Gasteiger partial charge in [-0.15, -0.1) is 0 Å². The van der Waals surface area contributed by atoms with Crippen molar-refractivity contribution in [3.63, 3.8) is 0 Å². The van der Waals surface area contributed by atoms with Crippen LogP contribution in [0.15, 0.2) is 249 Å². The lowest BCUT2D eigenvalue weighted by Crippen LogP contribution is -2.26. The van der Waals surface area contributed by atoms with Gasteiger partial charge in [-0.05, 0) is 151 Å². The molecule has 0 radical (unpaired) electrons. The highest BCUT2D eigenvalue weighted by atomic mass is 15.1. The predicted molar refractivity (Wildman–Crippen MR) is 297 cm³/mol. The van der Waals surface area contributed by atoms with Crippen molar-refractivity contribution in [1.82, 2.24) is 0 Å². The van der Waals surface area contributed by atoms with Gasteiger partial charge in [-0.1, -0.05) is 218 Å². The standard InChI is InChI=1S/C69H41N/c1-2-19-49-42(14-1)15-9-23-50(49)43-34-36-47(37-35-43)70(48-38-39-54-53-22-5-8-31-62(53)69(63(54)41-48)60-29-6-3-20-51(60)52-21-4-7-30-61(52)69)64-40-46-18-12-26-56-55-24-10-16-44-32-33-45-17-11-25-57(66(45)65(44)55)58-27-13-28-59(64)68(58)67(46)56/h1-41H. The van der Waals surface area contributed by atoms with Crippen molar-refractivity contribution in [3.8, 4) is 33.4 Å². The van der Waals surface area contributed by atoms with Crippen LogP contribution >= 0.6 is 0 Å². The van der Waals surface area contributed by atoms with Crippen LogP contribution in [0.3, 0.4) is 0 Å². The van der Waals surface area contributed by atoms with Crippen molar-refractivity contribution in [2.24, 2.45) is 0 Å². The molecule has 1 nitrogen and oxygen atoms in total. The summed E-state index contributed by atoms with van der Waals surface area (Å²) >= 11 is 0. The fraction of sp³-hybridized carbons (Fsp3) is 0.0145. The van der Waals surface area contributed by atoms with Crippen LogP contribution in [-0.2, 0) is 5.41 Å². The van der Waals surface area contributed by atoms with E-state index in [0.717, 1.165) is 17.1 Å². The van der Waals surface area contributed by atoms with Crippen LogP contribution in [0.5, 0.6) is 0 Å². The van der Waals surface area contributed by atoms with Gasteiger partial charge >= 0.3 is 0 Å². The van der Waals surface area contributed by atoms with E-state index >= 15 is 0 Å². The third kappa shape index (κ3) is 4.90. The summed E-state index contributed by atoms with van der Waals surface area (Å²) in [5.41, 5.74) is 15.9. The van der Waals surface area contributed by atoms with Crippen LogP contribution in [0.2, 0.25) is 0 Å². The Kier molecular flexibility index (Phi) is 7.60. The molecule has 2 aliphatic rings. The highest BCUT2D eigenvalue weighted by Crippen LogP contribution is 2.63. The average Bonchev–Trinajstić information content (AvgIpc) is 3.89. The molecule has 0 aliphatic heterocycles.